The van der Waals surface area contributed by atoms with Gasteiger partial charge in [-0.05, 0) is 51.6 Å². The van der Waals surface area contributed by atoms with Gasteiger partial charge in [-0.3, -0.25) is 0 Å². The molecule has 1 aromatic carbocycles. The van der Waals surface area contributed by atoms with Crippen LogP contribution in [0.5, 0.6) is 5.75 Å². The molecule has 1 aliphatic rings. The summed E-state index contributed by atoms with van der Waals surface area (Å²) in [6.07, 6.45) is 3.65. The molecule has 0 heterocycles. The second kappa shape index (κ2) is 5.10. The first-order valence-corrected chi connectivity index (χ1v) is 6.37. The molecule has 0 aromatic heterocycles. The number of phenols is 1. The largest absolute Gasteiger partial charge is 0.508 e. The second-order valence-corrected chi connectivity index (χ2v) is 5.90. The van der Waals surface area contributed by atoms with Gasteiger partial charge in [-0.25, -0.2) is 0 Å². The predicted octanol–water partition coefficient (Wildman–Crippen LogP) is 3.58. The molecule has 0 aliphatic heterocycles. The SMILES string of the molecule is CN(C)C1(C)CCCC1(C)c1cccc(O)c1.Cl. The van der Waals surface area contributed by atoms with Gasteiger partial charge in [0.05, 0.1) is 0 Å². The van der Waals surface area contributed by atoms with E-state index >= 15 is 0 Å². The van der Waals surface area contributed by atoms with E-state index in [0.717, 1.165) is 0 Å². The number of benzene rings is 1. The fourth-order valence-corrected chi connectivity index (χ4v) is 3.35. The van der Waals surface area contributed by atoms with Crippen LogP contribution in [0.4, 0.5) is 0 Å². The third kappa shape index (κ3) is 2.12. The van der Waals surface area contributed by atoms with Crippen LogP contribution in [0.1, 0.15) is 38.7 Å². The van der Waals surface area contributed by atoms with Crippen LogP contribution < -0.4 is 0 Å². The molecule has 0 bridgehead atoms. The van der Waals surface area contributed by atoms with Crippen molar-refractivity contribution in [2.24, 2.45) is 0 Å². The lowest BCUT2D eigenvalue weighted by Crippen LogP contribution is -2.53. The zero-order valence-electron chi connectivity index (χ0n) is 11.7. The topological polar surface area (TPSA) is 23.5 Å². The van der Waals surface area contributed by atoms with Gasteiger partial charge in [-0.1, -0.05) is 25.5 Å². The quantitative estimate of drug-likeness (QED) is 0.887. The molecule has 1 saturated carbocycles. The number of aromatic hydroxyl groups is 1. The van der Waals surface area contributed by atoms with Gasteiger partial charge in [-0.2, -0.15) is 0 Å². The van der Waals surface area contributed by atoms with E-state index in [1.165, 1.54) is 24.8 Å². The number of phenolic OH excluding ortho intramolecular Hbond substituents is 1. The summed E-state index contributed by atoms with van der Waals surface area (Å²) in [5.74, 6) is 0.372. The minimum Gasteiger partial charge on any atom is -0.508 e. The summed E-state index contributed by atoms with van der Waals surface area (Å²) in [6, 6.07) is 7.76. The number of likely N-dealkylation sites (N-methyl/N-ethyl adjacent to an activating group) is 1. The number of nitrogens with zero attached hydrogens (tertiary/aromatic N) is 1. The van der Waals surface area contributed by atoms with E-state index in [2.05, 4.69) is 38.9 Å². The Morgan fingerprint density at radius 3 is 2.39 bits per heavy atom. The van der Waals surface area contributed by atoms with E-state index in [-0.39, 0.29) is 23.4 Å². The number of rotatable bonds is 2. The van der Waals surface area contributed by atoms with Crippen molar-refractivity contribution < 1.29 is 5.11 Å². The van der Waals surface area contributed by atoms with Crippen LogP contribution >= 0.6 is 12.4 Å². The van der Waals surface area contributed by atoms with Crippen LogP contribution in [0.25, 0.3) is 0 Å². The Kier molecular flexibility index (Phi) is 4.34. The van der Waals surface area contributed by atoms with Crippen molar-refractivity contribution in [3.63, 3.8) is 0 Å². The van der Waals surface area contributed by atoms with Gasteiger partial charge < -0.3 is 10.0 Å². The number of hydrogen-bond donors (Lipinski definition) is 1. The van der Waals surface area contributed by atoms with E-state index in [4.69, 9.17) is 0 Å². The lowest BCUT2D eigenvalue weighted by atomic mass is 9.69. The normalized spacial score (nSPS) is 31.4. The van der Waals surface area contributed by atoms with E-state index in [9.17, 15) is 5.11 Å². The molecular formula is C15H24ClNO. The van der Waals surface area contributed by atoms with Gasteiger partial charge in [0.1, 0.15) is 5.75 Å². The van der Waals surface area contributed by atoms with Crippen molar-refractivity contribution in [2.75, 3.05) is 14.1 Å². The molecule has 0 amide bonds. The van der Waals surface area contributed by atoms with Gasteiger partial charge in [0.2, 0.25) is 0 Å². The smallest absolute Gasteiger partial charge is 0.115 e. The van der Waals surface area contributed by atoms with E-state index in [1.807, 2.05) is 12.1 Å². The molecule has 2 atom stereocenters. The fraction of sp³-hybridized carbons (Fsp3) is 0.600. The lowest BCUT2D eigenvalue weighted by molar-refractivity contribution is 0.105. The third-order valence-corrected chi connectivity index (χ3v) is 5.00. The average molecular weight is 270 g/mol. The summed E-state index contributed by atoms with van der Waals surface area (Å²) < 4.78 is 0. The molecule has 0 saturated heterocycles. The van der Waals surface area contributed by atoms with Crippen molar-refractivity contribution >= 4 is 12.4 Å². The summed E-state index contributed by atoms with van der Waals surface area (Å²) in [6.45, 7) is 4.67. The summed E-state index contributed by atoms with van der Waals surface area (Å²) in [5, 5.41) is 9.68. The van der Waals surface area contributed by atoms with Gasteiger partial charge in [-0.15, -0.1) is 12.4 Å². The minimum absolute atomic E-state index is 0. The molecule has 2 nitrogen and oxygen atoms in total. The molecule has 2 unspecified atom stereocenters. The first-order chi connectivity index (χ1) is 7.90. The summed E-state index contributed by atoms with van der Waals surface area (Å²) in [7, 11) is 4.32. The van der Waals surface area contributed by atoms with Crippen LogP contribution in [0.2, 0.25) is 0 Å². The molecule has 0 radical (unpaired) electrons. The highest BCUT2D eigenvalue weighted by Crippen LogP contribution is 2.50. The Bertz CT molecular complexity index is 421. The fourth-order valence-electron chi connectivity index (χ4n) is 3.35. The Labute approximate surface area is 116 Å². The standard InChI is InChI=1S/C15H23NO.ClH/c1-14(12-7-5-8-13(17)11-12)9-6-10-15(14,2)16(3)4;/h5,7-8,11,17H,6,9-10H2,1-4H3;1H. The molecule has 1 aliphatic carbocycles. The van der Waals surface area contributed by atoms with Crippen molar-refractivity contribution in [3.05, 3.63) is 29.8 Å². The Morgan fingerprint density at radius 1 is 1.17 bits per heavy atom. The van der Waals surface area contributed by atoms with Gasteiger partial charge in [0, 0.05) is 11.0 Å². The van der Waals surface area contributed by atoms with Gasteiger partial charge in [0.25, 0.3) is 0 Å². The summed E-state index contributed by atoms with van der Waals surface area (Å²) >= 11 is 0. The average Bonchev–Trinajstić information content (AvgIpc) is 2.58. The molecule has 1 N–H and O–H groups in total. The molecule has 2 rings (SSSR count). The second-order valence-electron chi connectivity index (χ2n) is 5.90. The highest BCUT2D eigenvalue weighted by Gasteiger charge is 2.50. The van der Waals surface area contributed by atoms with Crippen LogP contribution in [-0.4, -0.2) is 29.6 Å². The zero-order valence-corrected chi connectivity index (χ0v) is 12.5. The Morgan fingerprint density at radius 2 is 1.83 bits per heavy atom. The maximum absolute atomic E-state index is 9.68. The van der Waals surface area contributed by atoms with E-state index in [1.54, 1.807) is 6.07 Å². The van der Waals surface area contributed by atoms with E-state index < -0.39 is 0 Å². The molecule has 102 valence electrons. The first-order valence-electron chi connectivity index (χ1n) is 6.37. The summed E-state index contributed by atoms with van der Waals surface area (Å²) in [4.78, 5) is 2.34. The third-order valence-electron chi connectivity index (χ3n) is 5.00. The molecule has 3 heteroatoms. The molecule has 18 heavy (non-hydrogen) atoms. The van der Waals surface area contributed by atoms with Crippen LogP contribution in [0.15, 0.2) is 24.3 Å². The monoisotopic (exact) mass is 269 g/mol. The van der Waals surface area contributed by atoms with Crippen LogP contribution in [0, 0.1) is 0 Å². The maximum atomic E-state index is 9.68. The molecule has 0 spiro atoms. The highest BCUT2D eigenvalue weighted by atomic mass is 35.5. The first kappa shape index (κ1) is 15.3. The van der Waals surface area contributed by atoms with Crippen LogP contribution in [-0.2, 0) is 5.41 Å². The molecular weight excluding hydrogens is 246 g/mol. The lowest BCUT2D eigenvalue weighted by Gasteiger charge is -2.46. The van der Waals surface area contributed by atoms with Gasteiger partial charge >= 0.3 is 0 Å². The molecule has 1 fully saturated rings. The molecule has 1 aromatic rings. The zero-order chi connectivity index (χ0) is 12.7. The maximum Gasteiger partial charge on any atom is 0.115 e. The van der Waals surface area contributed by atoms with Gasteiger partial charge in [0.15, 0.2) is 0 Å². The van der Waals surface area contributed by atoms with Crippen LogP contribution in [0.3, 0.4) is 0 Å². The van der Waals surface area contributed by atoms with Crippen molar-refractivity contribution in [2.45, 2.75) is 44.1 Å². The van der Waals surface area contributed by atoms with E-state index in [0.29, 0.717) is 5.75 Å². The highest BCUT2D eigenvalue weighted by molar-refractivity contribution is 5.85. The predicted molar refractivity (Wildman–Crippen MR) is 78.6 cm³/mol. The Hall–Kier alpha value is -0.730. The summed E-state index contributed by atoms with van der Waals surface area (Å²) in [5.41, 5.74) is 1.54. The van der Waals surface area contributed by atoms with Crippen molar-refractivity contribution in [1.29, 1.82) is 0 Å². The van der Waals surface area contributed by atoms with Crippen molar-refractivity contribution in [3.8, 4) is 5.75 Å². The number of hydrogen-bond acceptors (Lipinski definition) is 2. The van der Waals surface area contributed by atoms with Crippen molar-refractivity contribution in [1.82, 2.24) is 4.90 Å². The Balaban J connectivity index is 0.00000162. The minimum atomic E-state index is 0. The number of halogens is 1.